The van der Waals surface area contributed by atoms with Gasteiger partial charge in [-0.2, -0.15) is 5.10 Å². The Morgan fingerprint density at radius 3 is 2.61 bits per heavy atom. The summed E-state index contributed by atoms with van der Waals surface area (Å²) < 4.78 is 1.84. The van der Waals surface area contributed by atoms with Crippen LogP contribution < -0.4 is 5.32 Å². The first-order valence-corrected chi connectivity index (χ1v) is 9.73. The molecule has 0 aliphatic carbocycles. The summed E-state index contributed by atoms with van der Waals surface area (Å²) in [5.74, 6) is -0.362. The summed E-state index contributed by atoms with van der Waals surface area (Å²) in [4.78, 5) is 29.5. The Balaban J connectivity index is 1.50. The van der Waals surface area contributed by atoms with Crippen molar-refractivity contribution in [1.29, 1.82) is 0 Å². The minimum absolute atomic E-state index is 0.0394. The van der Waals surface area contributed by atoms with Crippen molar-refractivity contribution >= 4 is 12.0 Å². The number of urea groups is 1. The van der Waals surface area contributed by atoms with E-state index in [2.05, 4.69) is 15.4 Å². The standard InChI is InChI=1S/C20H27N5O3/c26-19(27)7-6-18(12-16-4-2-1-3-5-16)23-20(28)24-10-8-17(9-11-24)13-25-15-21-14-22-25/h1-5,14-15,17-18H,6-13H2,(H,23,28)(H,26,27). The van der Waals surface area contributed by atoms with E-state index >= 15 is 0 Å². The quantitative estimate of drug-likeness (QED) is 0.725. The number of carboxylic acid groups (broad SMARTS) is 1. The van der Waals surface area contributed by atoms with Crippen LogP contribution in [0.25, 0.3) is 0 Å². The third-order valence-electron chi connectivity index (χ3n) is 5.17. The van der Waals surface area contributed by atoms with E-state index in [1.54, 1.807) is 6.33 Å². The lowest BCUT2D eigenvalue weighted by Gasteiger charge is -2.33. The Labute approximate surface area is 164 Å². The van der Waals surface area contributed by atoms with E-state index in [0.29, 0.717) is 31.8 Å². The largest absolute Gasteiger partial charge is 0.481 e. The molecule has 0 radical (unpaired) electrons. The molecule has 1 aromatic heterocycles. The first-order valence-electron chi connectivity index (χ1n) is 9.73. The van der Waals surface area contributed by atoms with Crippen LogP contribution in [-0.4, -0.2) is 55.9 Å². The molecule has 1 aliphatic heterocycles. The van der Waals surface area contributed by atoms with Crippen LogP contribution in [0.4, 0.5) is 4.79 Å². The van der Waals surface area contributed by atoms with Crippen molar-refractivity contribution in [1.82, 2.24) is 25.0 Å². The van der Waals surface area contributed by atoms with Gasteiger partial charge in [0.15, 0.2) is 0 Å². The number of nitrogens with zero attached hydrogens (tertiary/aromatic N) is 4. The van der Waals surface area contributed by atoms with Gasteiger partial charge in [0.25, 0.3) is 0 Å². The van der Waals surface area contributed by atoms with E-state index in [-0.39, 0.29) is 18.5 Å². The maximum absolute atomic E-state index is 12.7. The number of nitrogens with one attached hydrogen (secondary N) is 1. The molecule has 1 atom stereocenters. The number of aliphatic carboxylic acids is 1. The average Bonchev–Trinajstić information content (AvgIpc) is 3.20. The molecule has 8 heteroatoms. The minimum atomic E-state index is -0.846. The topological polar surface area (TPSA) is 100 Å². The van der Waals surface area contributed by atoms with Crippen molar-refractivity contribution in [2.45, 2.75) is 44.7 Å². The van der Waals surface area contributed by atoms with Gasteiger partial charge >= 0.3 is 12.0 Å². The van der Waals surface area contributed by atoms with Gasteiger partial charge in [0.2, 0.25) is 0 Å². The fourth-order valence-electron chi connectivity index (χ4n) is 3.60. The summed E-state index contributed by atoms with van der Waals surface area (Å²) in [5.41, 5.74) is 1.09. The molecule has 28 heavy (non-hydrogen) atoms. The van der Waals surface area contributed by atoms with E-state index in [9.17, 15) is 9.59 Å². The van der Waals surface area contributed by atoms with Gasteiger partial charge in [-0.3, -0.25) is 9.48 Å². The van der Waals surface area contributed by atoms with Crippen molar-refractivity contribution < 1.29 is 14.7 Å². The minimum Gasteiger partial charge on any atom is -0.481 e. The van der Waals surface area contributed by atoms with E-state index < -0.39 is 5.97 Å². The molecule has 0 spiro atoms. The van der Waals surface area contributed by atoms with Gasteiger partial charge in [-0.1, -0.05) is 30.3 Å². The monoisotopic (exact) mass is 385 g/mol. The number of amides is 2. The van der Waals surface area contributed by atoms with Gasteiger partial charge in [-0.15, -0.1) is 0 Å². The van der Waals surface area contributed by atoms with Crippen LogP contribution in [0.15, 0.2) is 43.0 Å². The molecule has 2 heterocycles. The second-order valence-electron chi connectivity index (χ2n) is 7.32. The number of hydrogen-bond donors (Lipinski definition) is 2. The highest BCUT2D eigenvalue weighted by Crippen LogP contribution is 2.19. The highest BCUT2D eigenvalue weighted by Gasteiger charge is 2.25. The first kappa shape index (κ1) is 19.9. The lowest BCUT2D eigenvalue weighted by molar-refractivity contribution is -0.137. The fourth-order valence-corrected chi connectivity index (χ4v) is 3.60. The van der Waals surface area contributed by atoms with Gasteiger partial charge in [0.05, 0.1) is 0 Å². The summed E-state index contributed by atoms with van der Waals surface area (Å²) >= 11 is 0. The average molecular weight is 385 g/mol. The normalized spacial score (nSPS) is 15.9. The number of likely N-dealkylation sites (tertiary alicyclic amines) is 1. The Morgan fingerprint density at radius 2 is 1.96 bits per heavy atom. The molecule has 2 aromatic rings. The summed E-state index contributed by atoms with van der Waals surface area (Å²) in [6.45, 7) is 2.22. The van der Waals surface area contributed by atoms with Crippen molar-refractivity contribution in [2.24, 2.45) is 5.92 Å². The number of rotatable bonds is 8. The van der Waals surface area contributed by atoms with E-state index in [4.69, 9.17) is 5.11 Å². The predicted octanol–water partition coefficient (Wildman–Crippen LogP) is 2.18. The number of aromatic nitrogens is 3. The second kappa shape index (κ2) is 9.87. The van der Waals surface area contributed by atoms with E-state index in [0.717, 1.165) is 24.9 Å². The zero-order chi connectivity index (χ0) is 19.8. The van der Waals surface area contributed by atoms with Gasteiger partial charge in [0.1, 0.15) is 12.7 Å². The number of piperidine rings is 1. The molecule has 3 rings (SSSR count). The Morgan fingerprint density at radius 1 is 1.21 bits per heavy atom. The molecular weight excluding hydrogens is 358 g/mol. The van der Waals surface area contributed by atoms with Crippen LogP contribution in [-0.2, 0) is 17.8 Å². The second-order valence-corrected chi connectivity index (χ2v) is 7.32. The number of carboxylic acids is 1. The van der Waals surface area contributed by atoms with Crippen LogP contribution in [0.3, 0.4) is 0 Å². The molecule has 2 N–H and O–H groups in total. The summed E-state index contributed by atoms with van der Waals surface area (Å²) in [6.07, 6.45) is 6.18. The summed E-state index contributed by atoms with van der Waals surface area (Å²) in [7, 11) is 0. The van der Waals surface area contributed by atoms with Gasteiger partial charge in [-0.05, 0) is 37.2 Å². The van der Waals surface area contributed by atoms with Crippen molar-refractivity contribution in [2.75, 3.05) is 13.1 Å². The van der Waals surface area contributed by atoms with Crippen LogP contribution in [0.1, 0.15) is 31.2 Å². The fraction of sp³-hybridized carbons (Fsp3) is 0.500. The van der Waals surface area contributed by atoms with Crippen molar-refractivity contribution in [3.8, 4) is 0 Å². The number of carbonyl (C=O) groups excluding carboxylic acids is 1. The van der Waals surface area contributed by atoms with Crippen LogP contribution in [0, 0.1) is 5.92 Å². The summed E-state index contributed by atoms with van der Waals surface area (Å²) in [5, 5.41) is 16.2. The molecule has 2 amide bonds. The molecular formula is C20H27N5O3. The molecule has 1 aromatic carbocycles. The smallest absolute Gasteiger partial charge is 0.317 e. The maximum atomic E-state index is 12.7. The molecule has 150 valence electrons. The molecule has 8 nitrogen and oxygen atoms in total. The zero-order valence-electron chi connectivity index (χ0n) is 15.9. The molecule has 1 saturated heterocycles. The lowest BCUT2D eigenvalue weighted by atomic mass is 9.97. The molecule has 1 fully saturated rings. The third-order valence-corrected chi connectivity index (χ3v) is 5.17. The molecule has 1 unspecified atom stereocenters. The van der Waals surface area contributed by atoms with E-state index in [1.165, 1.54) is 6.33 Å². The summed E-state index contributed by atoms with van der Waals surface area (Å²) in [6, 6.07) is 9.53. The Kier molecular flexibility index (Phi) is 7.00. The van der Waals surface area contributed by atoms with Crippen molar-refractivity contribution in [3.05, 3.63) is 48.5 Å². The predicted molar refractivity (Wildman–Crippen MR) is 104 cm³/mol. The van der Waals surface area contributed by atoms with Crippen LogP contribution in [0.5, 0.6) is 0 Å². The van der Waals surface area contributed by atoms with E-state index in [1.807, 2.05) is 39.9 Å². The Hall–Kier alpha value is -2.90. The molecule has 1 aliphatic rings. The van der Waals surface area contributed by atoms with Gasteiger partial charge in [0, 0.05) is 32.1 Å². The highest BCUT2D eigenvalue weighted by molar-refractivity contribution is 5.74. The number of hydrogen-bond acceptors (Lipinski definition) is 4. The highest BCUT2D eigenvalue weighted by atomic mass is 16.4. The maximum Gasteiger partial charge on any atom is 0.317 e. The van der Waals surface area contributed by atoms with Crippen molar-refractivity contribution in [3.63, 3.8) is 0 Å². The molecule has 0 saturated carbocycles. The van der Waals surface area contributed by atoms with Gasteiger partial charge < -0.3 is 15.3 Å². The Bertz CT molecular complexity index is 742. The molecule has 0 bridgehead atoms. The van der Waals surface area contributed by atoms with Crippen LogP contribution >= 0.6 is 0 Å². The number of carbonyl (C=O) groups is 2. The number of benzene rings is 1. The SMILES string of the molecule is O=C(O)CCC(Cc1ccccc1)NC(=O)N1CCC(Cn2cncn2)CC1. The van der Waals surface area contributed by atoms with Gasteiger partial charge in [-0.25, -0.2) is 9.78 Å². The third kappa shape index (κ3) is 6.07. The zero-order valence-corrected chi connectivity index (χ0v) is 15.9. The lowest BCUT2D eigenvalue weighted by Crippen LogP contribution is -2.48. The van der Waals surface area contributed by atoms with Crippen LogP contribution in [0.2, 0.25) is 0 Å². The first-order chi connectivity index (χ1) is 13.6.